The van der Waals surface area contributed by atoms with Crippen LogP contribution in [0.15, 0.2) is 48.5 Å². The summed E-state index contributed by atoms with van der Waals surface area (Å²) in [6, 6.07) is 11.8. The van der Waals surface area contributed by atoms with E-state index in [-0.39, 0.29) is 31.2 Å². The van der Waals surface area contributed by atoms with Crippen LogP contribution in [0.1, 0.15) is 51.2 Å². The van der Waals surface area contributed by atoms with Gasteiger partial charge in [-0.15, -0.1) is 0 Å². The minimum atomic E-state index is -2.03. The standard InChI is InChI=1S/C30H36N4O6/c1-4-31-28(38)25(35)23(16-18-13-14-32-26(18)36)33-27(37)24(15-17(2)3)34-29(39)30(40)21-11-7-5-9-19(21)20-10-6-8-12-22(20)30/h5-12,17-18,23-24,40H,4,13-16H2,1-3H3,(H,31,38)(H,32,36)(H,33,37)(H,34,39)/t18-,23-,24+/m1/s1. The van der Waals surface area contributed by atoms with Gasteiger partial charge in [0.2, 0.25) is 17.6 Å². The Morgan fingerprint density at radius 2 is 1.57 bits per heavy atom. The lowest BCUT2D eigenvalue weighted by atomic mass is 9.89. The summed E-state index contributed by atoms with van der Waals surface area (Å²) in [6.45, 7) is 6.10. The predicted molar refractivity (Wildman–Crippen MR) is 148 cm³/mol. The van der Waals surface area contributed by atoms with Gasteiger partial charge in [-0.05, 0) is 43.2 Å². The van der Waals surface area contributed by atoms with Gasteiger partial charge in [0.25, 0.3) is 11.8 Å². The Bertz CT molecular complexity index is 1280. The highest BCUT2D eigenvalue weighted by molar-refractivity contribution is 6.38. The van der Waals surface area contributed by atoms with Crippen molar-refractivity contribution in [2.24, 2.45) is 11.8 Å². The van der Waals surface area contributed by atoms with Crippen LogP contribution in [-0.2, 0) is 29.6 Å². The van der Waals surface area contributed by atoms with E-state index in [1.165, 1.54) is 0 Å². The van der Waals surface area contributed by atoms with Crippen LogP contribution in [0.5, 0.6) is 0 Å². The minimum absolute atomic E-state index is 0.0352. The van der Waals surface area contributed by atoms with Crippen molar-refractivity contribution in [3.8, 4) is 11.1 Å². The van der Waals surface area contributed by atoms with E-state index in [4.69, 9.17) is 0 Å². The second-order valence-electron chi connectivity index (χ2n) is 10.8. The zero-order chi connectivity index (χ0) is 29.0. The van der Waals surface area contributed by atoms with Gasteiger partial charge in [0.05, 0.1) is 6.04 Å². The average molecular weight is 549 g/mol. The summed E-state index contributed by atoms with van der Waals surface area (Å²) in [5, 5.41) is 22.4. The molecule has 1 aliphatic heterocycles. The maximum Gasteiger partial charge on any atom is 0.289 e. The number of fused-ring (bicyclic) bond motifs is 3. The molecule has 2 aromatic carbocycles. The highest BCUT2D eigenvalue weighted by atomic mass is 16.3. The van der Waals surface area contributed by atoms with E-state index in [1.54, 1.807) is 31.2 Å². The summed E-state index contributed by atoms with van der Waals surface area (Å²) in [7, 11) is 0. The molecular formula is C30H36N4O6. The third kappa shape index (κ3) is 5.62. The molecule has 212 valence electrons. The van der Waals surface area contributed by atoms with Gasteiger partial charge < -0.3 is 26.4 Å². The van der Waals surface area contributed by atoms with Gasteiger partial charge in [-0.3, -0.25) is 24.0 Å². The molecule has 1 fully saturated rings. The van der Waals surface area contributed by atoms with Crippen LogP contribution in [-0.4, -0.2) is 59.7 Å². The number of Topliss-reactive ketones (excluding diaryl/α,β-unsaturated/α-hetero) is 1. The molecular weight excluding hydrogens is 512 g/mol. The normalized spacial score (nSPS) is 18.2. The van der Waals surface area contributed by atoms with E-state index in [0.717, 1.165) is 11.1 Å². The maximum atomic E-state index is 13.8. The Morgan fingerprint density at radius 1 is 0.975 bits per heavy atom. The molecule has 0 spiro atoms. The largest absolute Gasteiger partial charge is 0.372 e. The number of hydrogen-bond donors (Lipinski definition) is 5. The van der Waals surface area contributed by atoms with E-state index in [9.17, 15) is 29.1 Å². The first kappa shape index (κ1) is 28.9. The van der Waals surface area contributed by atoms with Crippen molar-refractivity contribution >= 4 is 29.4 Å². The summed E-state index contributed by atoms with van der Waals surface area (Å²) in [6.07, 6.45) is 0.648. The fraction of sp³-hybridized carbons (Fsp3) is 0.433. The summed E-state index contributed by atoms with van der Waals surface area (Å²) >= 11 is 0. The molecule has 0 aromatic heterocycles. The van der Waals surface area contributed by atoms with E-state index in [1.807, 2.05) is 38.1 Å². The number of nitrogens with one attached hydrogen (secondary N) is 4. The lowest BCUT2D eigenvalue weighted by Gasteiger charge is -2.29. The SMILES string of the molecule is CCNC(=O)C(=O)[C@@H](C[C@H]1CCNC1=O)NC(=O)[C@H](CC(C)C)NC(=O)C1(O)c2ccccc2-c2ccccc21. The molecule has 5 N–H and O–H groups in total. The molecule has 10 nitrogen and oxygen atoms in total. The quantitative estimate of drug-likeness (QED) is 0.266. The second kappa shape index (κ2) is 12.0. The van der Waals surface area contributed by atoms with Gasteiger partial charge in [0, 0.05) is 30.1 Å². The zero-order valence-electron chi connectivity index (χ0n) is 23.0. The zero-order valence-corrected chi connectivity index (χ0v) is 23.0. The molecule has 10 heteroatoms. The van der Waals surface area contributed by atoms with Crippen LogP contribution >= 0.6 is 0 Å². The first-order valence-corrected chi connectivity index (χ1v) is 13.7. The molecule has 4 rings (SSSR count). The molecule has 0 bridgehead atoms. The Hall–Kier alpha value is -4.05. The van der Waals surface area contributed by atoms with Crippen LogP contribution in [0.25, 0.3) is 11.1 Å². The highest BCUT2D eigenvalue weighted by Crippen LogP contribution is 2.47. The van der Waals surface area contributed by atoms with Crippen molar-refractivity contribution in [2.45, 2.75) is 57.7 Å². The summed E-state index contributed by atoms with van der Waals surface area (Å²) in [4.78, 5) is 64.9. The summed E-state index contributed by atoms with van der Waals surface area (Å²) in [5.41, 5.74) is 0.245. The van der Waals surface area contributed by atoms with Gasteiger partial charge in [-0.25, -0.2) is 0 Å². The molecule has 0 saturated carbocycles. The first-order chi connectivity index (χ1) is 19.1. The first-order valence-electron chi connectivity index (χ1n) is 13.7. The van der Waals surface area contributed by atoms with E-state index >= 15 is 0 Å². The molecule has 1 saturated heterocycles. The molecule has 3 atom stereocenters. The Kier molecular flexibility index (Phi) is 8.68. The van der Waals surface area contributed by atoms with Crippen LogP contribution < -0.4 is 21.3 Å². The Balaban J connectivity index is 1.60. The van der Waals surface area contributed by atoms with Gasteiger partial charge in [0.1, 0.15) is 6.04 Å². The fourth-order valence-electron chi connectivity index (χ4n) is 5.49. The van der Waals surface area contributed by atoms with Crippen molar-refractivity contribution in [3.05, 3.63) is 59.7 Å². The molecule has 0 radical (unpaired) electrons. The number of aliphatic hydroxyl groups is 1. The number of rotatable bonds is 11. The van der Waals surface area contributed by atoms with E-state index in [2.05, 4.69) is 21.3 Å². The fourth-order valence-corrected chi connectivity index (χ4v) is 5.49. The van der Waals surface area contributed by atoms with Crippen molar-refractivity contribution in [3.63, 3.8) is 0 Å². The predicted octanol–water partition coefficient (Wildman–Crippen LogP) is 1.15. The average Bonchev–Trinajstić information content (AvgIpc) is 3.46. The topological polar surface area (TPSA) is 154 Å². The molecule has 40 heavy (non-hydrogen) atoms. The third-order valence-corrected chi connectivity index (χ3v) is 7.46. The number of carbonyl (C=O) groups excluding carboxylic acids is 5. The van der Waals surface area contributed by atoms with Crippen molar-refractivity contribution in [1.29, 1.82) is 0 Å². The molecule has 2 aromatic rings. The van der Waals surface area contributed by atoms with Crippen LogP contribution in [0.2, 0.25) is 0 Å². The lowest BCUT2D eigenvalue weighted by molar-refractivity contribution is -0.142. The number of carbonyl (C=O) groups is 5. The molecule has 4 amide bonds. The van der Waals surface area contributed by atoms with Crippen LogP contribution in [0.3, 0.4) is 0 Å². The Morgan fingerprint density at radius 3 is 2.10 bits per heavy atom. The van der Waals surface area contributed by atoms with Gasteiger partial charge >= 0.3 is 0 Å². The maximum absolute atomic E-state index is 13.8. The van der Waals surface area contributed by atoms with Crippen LogP contribution in [0.4, 0.5) is 0 Å². The second-order valence-corrected chi connectivity index (χ2v) is 10.8. The van der Waals surface area contributed by atoms with Crippen molar-refractivity contribution < 1.29 is 29.1 Å². The third-order valence-electron chi connectivity index (χ3n) is 7.46. The molecule has 2 aliphatic rings. The lowest BCUT2D eigenvalue weighted by Crippen LogP contribution is -2.57. The van der Waals surface area contributed by atoms with Crippen LogP contribution in [0, 0.1) is 11.8 Å². The Labute approximate surface area is 233 Å². The van der Waals surface area contributed by atoms with E-state index in [0.29, 0.717) is 24.1 Å². The van der Waals surface area contributed by atoms with Crippen molar-refractivity contribution in [2.75, 3.05) is 13.1 Å². The smallest absolute Gasteiger partial charge is 0.289 e. The molecule has 0 unspecified atom stereocenters. The van der Waals surface area contributed by atoms with Gasteiger partial charge in [0.15, 0.2) is 5.60 Å². The molecule has 1 aliphatic carbocycles. The number of benzene rings is 2. The molecule has 1 heterocycles. The van der Waals surface area contributed by atoms with E-state index < -0.39 is 47.1 Å². The summed E-state index contributed by atoms with van der Waals surface area (Å²) in [5.74, 6) is -3.97. The number of amides is 4. The van der Waals surface area contributed by atoms with Crippen molar-refractivity contribution in [1.82, 2.24) is 21.3 Å². The number of hydrogen-bond acceptors (Lipinski definition) is 6. The van der Waals surface area contributed by atoms with Gasteiger partial charge in [-0.2, -0.15) is 0 Å². The summed E-state index contributed by atoms with van der Waals surface area (Å²) < 4.78 is 0. The van der Waals surface area contributed by atoms with Gasteiger partial charge in [-0.1, -0.05) is 62.4 Å². The highest BCUT2D eigenvalue weighted by Gasteiger charge is 2.48. The number of likely N-dealkylation sites (N-methyl/N-ethyl adjacent to an activating group) is 1. The monoisotopic (exact) mass is 548 g/mol. The number of ketones is 1. The minimum Gasteiger partial charge on any atom is -0.372 e.